The van der Waals surface area contributed by atoms with E-state index in [1.165, 1.54) is 0 Å². The Morgan fingerprint density at radius 2 is 0.447 bits per heavy atom. The lowest BCUT2D eigenvalue weighted by molar-refractivity contribution is 0.208. The van der Waals surface area contributed by atoms with Crippen LogP contribution in [0.1, 0.15) is 0 Å². The van der Waals surface area contributed by atoms with Gasteiger partial charge in [-0.1, -0.05) is 336 Å². The summed E-state index contributed by atoms with van der Waals surface area (Å²) in [5.41, 5.74) is 0. The molecule has 1 unspecified atom stereocenters. The van der Waals surface area contributed by atoms with Crippen LogP contribution in [0.5, 0.6) is 0 Å². The van der Waals surface area contributed by atoms with Crippen LogP contribution in [0.4, 0.5) is 0 Å². The van der Waals surface area contributed by atoms with Gasteiger partial charge in [-0.2, -0.15) is 4.21 Å². The summed E-state index contributed by atoms with van der Waals surface area (Å²) in [7, 11) is 0. The Morgan fingerprint density at radius 1 is 0.298 bits per heavy atom. The largest absolute Gasteiger partial charge is 0.304 e. The second-order valence-corrected chi connectivity index (χ2v) is 28.3. The Bertz CT molecular complexity index is 1180. The van der Waals surface area contributed by atoms with E-state index in [1.54, 1.807) is 0 Å². The molecule has 0 bridgehead atoms. The molecule has 33 heteroatoms. The number of hydrogen-bond acceptors (Lipinski definition) is 2. The summed E-state index contributed by atoms with van der Waals surface area (Å²) in [6.07, 6.45) is 0. The Morgan fingerprint density at radius 3 is 0.596 bits per heavy atom. The van der Waals surface area contributed by atoms with E-state index in [0.29, 0.717) is 0 Å². The zero-order valence-electron chi connectivity index (χ0n) is 19.6. The van der Waals surface area contributed by atoms with E-state index >= 15 is 0 Å². The van der Waals surface area contributed by atoms with Gasteiger partial charge in [0.2, 0.25) is 12.5 Å². The normalized spacial score (nSPS) is 17.7. The Balaban J connectivity index is 7.55. The molecule has 0 aliphatic rings. The van der Waals surface area contributed by atoms with Crippen molar-refractivity contribution in [2.45, 2.75) is 60.3 Å². The minimum Gasteiger partial charge on any atom is -0.284 e. The molecule has 0 rings (SSSR count). The summed E-state index contributed by atoms with van der Waals surface area (Å²) in [6, 6.07) is 0. The minimum atomic E-state index is -3.60. The molecule has 0 aromatic heterocycles. The lowest BCUT2D eigenvalue weighted by Crippen LogP contribution is -2.75. The first-order valence-electron chi connectivity index (χ1n) is 9.45. The maximum absolute atomic E-state index is 11.2. The predicted octanol–water partition coefficient (Wildman–Crippen LogP) is 16.7. The monoisotopic (exact) mass is 1260 g/mol. The van der Waals surface area contributed by atoms with E-state index in [2.05, 4.69) is 4.18 Å². The van der Waals surface area contributed by atoms with E-state index < -0.39 is 71.7 Å². The zero-order valence-corrected chi connectivity index (χ0v) is 42.4. The molecule has 0 fully saturated rings. The Labute approximate surface area is 414 Å². The van der Waals surface area contributed by atoms with Crippen molar-refractivity contribution in [1.82, 2.24) is 0 Å². The van der Waals surface area contributed by atoms with E-state index in [-0.39, 0.29) is 0 Å². The van der Waals surface area contributed by atoms with Gasteiger partial charge < -0.3 is 0 Å². The van der Waals surface area contributed by atoms with Gasteiger partial charge in [0, 0.05) is 0 Å². The smallest absolute Gasteiger partial charge is 0.284 e. The van der Waals surface area contributed by atoms with Crippen LogP contribution in [0.3, 0.4) is 0 Å². The molecule has 0 spiro atoms. The first-order chi connectivity index (χ1) is 19.7. The highest BCUT2D eigenvalue weighted by molar-refractivity contribution is 7.74. The van der Waals surface area contributed by atoms with Crippen molar-refractivity contribution in [1.29, 1.82) is 0 Å². The highest BCUT2D eigenvalue weighted by Gasteiger charge is 2.86. The quantitative estimate of drug-likeness (QED) is 0.139. The fraction of sp³-hybridized carbons (Fsp3) is 1.00. The van der Waals surface area contributed by atoms with Crippen molar-refractivity contribution in [3.05, 3.63) is 0 Å². The van der Waals surface area contributed by atoms with Crippen LogP contribution in [0.15, 0.2) is 0 Å². The zero-order chi connectivity index (χ0) is 39.3. The van der Waals surface area contributed by atoms with Crippen molar-refractivity contribution >= 4 is 348 Å². The molecule has 0 saturated heterocycles. The Kier molecular flexibility index (Phi) is 19.8. The van der Waals surface area contributed by atoms with Gasteiger partial charge in [0.1, 0.15) is 0 Å². The van der Waals surface area contributed by atoms with E-state index in [1.807, 2.05) is 0 Å². The number of halogens is 29. The average Bonchev–Trinajstić information content (AvgIpc) is 2.80. The Hall–Kier alpha value is 8.48. The van der Waals surface area contributed by atoms with Gasteiger partial charge >= 0.3 is 11.4 Å². The van der Waals surface area contributed by atoms with Crippen molar-refractivity contribution in [3.8, 4) is 0 Å². The van der Waals surface area contributed by atoms with Crippen molar-refractivity contribution in [3.63, 3.8) is 0 Å². The summed E-state index contributed by atoms with van der Waals surface area (Å²) in [5, 5.41) is 0. The predicted molar refractivity (Wildman–Crippen MR) is 220 cm³/mol. The third kappa shape index (κ3) is 8.81. The van der Waals surface area contributed by atoms with Crippen LogP contribution in [-0.4, -0.2) is 69.1 Å². The average molecular weight is 1280 g/mol. The van der Waals surface area contributed by atoms with Crippen LogP contribution < -0.4 is 0 Å². The summed E-state index contributed by atoms with van der Waals surface area (Å²) < 4.78 is -23.0. The SMILES string of the molecule is O=S(O)OC(Cl)(Cl)C(Cl)(Cl)C(Cl)(Cl)C(Cl)(Cl)C(Cl)(Cl)C(Cl)(Cl)C(Cl)(Cl)C(Cl)(Cl)C(Cl)(Cl)C(Cl)(Cl)C(Cl)(Cl)C(Cl)(Cl)C(Cl)(Cl)C(Cl)(Cl)Cl. The second kappa shape index (κ2) is 16.7. The van der Waals surface area contributed by atoms with Crippen LogP contribution in [0.25, 0.3) is 0 Å². The lowest BCUT2D eigenvalue weighted by atomic mass is 9.98. The molecule has 0 heterocycles. The topological polar surface area (TPSA) is 46.5 Å². The lowest BCUT2D eigenvalue weighted by Gasteiger charge is -2.58. The molecule has 1 atom stereocenters. The van der Waals surface area contributed by atoms with Gasteiger partial charge in [-0.3, -0.25) is 4.55 Å². The van der Waals surface area contributed by atoms with Gasteiger partial charge in [-0.25, -0.2) is 4.18 Å². The summed E-state index contributed by atoms with van der Waals surface area (Å²) >= 11 is 177. The van der Waals surface area contributed by atoms with Gasteiger partial charge in [0.05, 0.1) is 0 Å². The molecular weight excluding hydrogens is 1280 g/mol. The molecule has 0 amide bonds. The maximum atomic E-state index is 11.2. The van der Waals surface area contributed by atoms with Crippen LogP contribution in [-0.2, 0) is 15.5 Å². The molecule has 1 N–H and O–H groups in total. The molecular formula is C14HCl29O3S. The van der Waals surface area contributed by atoms with Crippen LogP contribution >= 0.6 is 336 Å². The molecule has 0 radical (unpaired) electrons. The molecule has 0 aromatic carbocycles. The third-order valence-corrected chi connectivity index (χ3v) is 26.2. The number of alkyl halides is 29. The summed E-state index contributed by atoms with van der Waals surface area (Å²) in [5.74, 6) is 0. The molecule has 0 saturated carbocycles. The second-order valence-electron chi connectivity index (χ2n) is 8.21. The summed E-state index contributed by atoms with van der Waals surface area (Å²) in [6.45, 7) is 0. The molecule has 284 valence electrons. The van der Waals surface area contributed by atoms with Crippen molar-refractivity contribution in [2.75, 3.05) is 0 Å². The van der Waals surface area contributed by atoms with E-state index in [4.69, 9.17) is 341 Å². The van der Waals surface area contributed by atoms with E-state index in [9.17, 15) is 4.21 Å². The number of hydrogen-bond donors (Lipinski definition) is 1. The molecule has 3 nitrogen and oxygen atoms in total. The molecule has 0 aliphatic heterocycles. The molecule has 47 heavy (non-hydrogen) atoms. The third-order valence-electron chi connectivity index (χ3n) is 5.24. The fourth-order valence-electron chi connectivity index (χ4n) is 2.47. The van der Waals surface area contributed by atoms with Gasteiger partial charge in [0.15, 0.2) is 43.3 Å². The summed E-state index contributed by atoms with van der Waals surface area (Å²) in [4.78, 5) is 0. The fourth-order valence-corrected chi connectivity index (χ4v) is 12.6. The highest BCUT2D eigenvalue weighted by atomic mass is 35.6. The highest BCUT2D eigenvalue weighted by Crippen LogP contribution is 2.77. The van der Waals surface area contributed by atoms with Crippen molar-refractivity contribution < 1.29 is 12.9 Å². The molecule has 0 aromatic rings. The maximum Gasteiger partial charge on any atom is 0.304 e. The first kappa shape index (κ1) is 55.5. The van der Waals surface area contributed by atoms with E-state index in [0.717, 1.165) is 0 Å². The molecule has 0 aliphatic carbocycles. The van der Waals surface area contributed by atoms with Gasteiger partial charge in [-0.05, 0) is 0 Å². The van der Waals surface area contributed by atoms with Gasteiger partial charge in [-0.15, -0.1) is 0 Å². The van der Waals surface area contributed by atoms with Crippen LogP contribution in [0, 0.1) is 0 Å². The minimum absolute atomic E-state index is 2.83. The van der Waals surface area contributed by atoms with Crippen LogP contribution in [0.2, 0.25) is 0 Å². The number of rotatable bonds is 14. The standard InChI is InChI=1S/C14HCl29O3S/c15-1(16,3(19,20)5(23,24)7(27,28)9(31,32)11(35,36)13(39,40)41)2(17,18)4(21,22)6(25,26)8(29,30)10(33,34)12(37,38)14(42,43)46-47(44)45/h(H,44,45). The van der Waals surface area contributed by atoms with Gasteiger partial charge in [0.25, 0.3) is 4.52 Å². The van der Waals surface area contributed by atoms with Crippen molar-refractivity contribution in [2.24, 2.45) is 0 Å². The first-order valence-corrected chi connectivity index (χ1v) is 21.4.